The van der Waals surface area contributed by atoms with Gasteiger partial charge in [-0.25, -0.2) is 0 Å². The highest BCUT2D eigenvalue weighted by Crippen LogP contribution is 2.36. The summed E-state index contributed by atoms with van der Waals surface area (Å²) in [4.78, 5) is 11.8. The van der Waals surface area contributed by atoms with Crippen LogP contribution in [0.4, 0.5) is 0 Å². The Hall–Kier alpha value is -1.36. The predicted molar refractivity (Wildman–Crippen MR) is 88.7 cm³/mol. The van der Waals surface area contributed by atoms with Gasteiger partial charge in [0, 0.05) is 12.5 Å². The molecule has 0 spiro atoms. The average Bonchev–Trinajstić information content (AvgIpc) is 3.36. The van der Waals surface area contributed by atoms with Crippen molar-refractivity contribution in [1.82, 2.24) is 5.32 Å². The fourth-order valence-corrected chi connectivity index (χ4v) is 3.73. The Morgan fingerprint density at radius 3 is 3.05 bits per heavy atom. The lowest BCUT2D eigenvalue weighted by atomic mass is 9.96. The Bertz CT molecular complexity index is 531. The Labute approximate surface area is 135 Å². The van der Waals surface area contributed by atoms with Crippen molar-refractivity contribution in [2.75, 3.05) is 31.8 Å². The molecule has 1 aliphatic heterocycles. The second kappa shape index (κ2) is 7.27. The molecule has 1 atom stereocenters. The van der Waals surface area contributed by atoms with E-state index in [9.17, 15) is 4.79 Å². The van der Waals surface area contributed by atoms with Gasteiger partial charge in [-0.3, -0.25) is 4.79 Å². The van der Waals surface area contributed by atoms with Crippen molar-refractivity contribution in [1.29, 1.82) is 0 Å². The molecule has 0 bridgehead atoms. The summed E-state index contributed by atoms with van der Waals surface area (Å²) in [6, 6.07) is 5.96. The zero-order valence-corrected chi connectivity index (χ0v) is 13.8. The van der Waals surface area contributed by atoms with E-state index in [1.165, 1.54) is 12.8 Å². The number of carbonyl (C=O) groups excluding carboxylic acids is 1. The molecule has 0 saturated heterocycles. The zero-order chi connectivity index (χ0) is 15.4. The molecule has 1 heterocycles. The third-order valence-electron chi connectivity index (χ3n) is 4.12. The highest BCUT2D eigenvalue weighted by molar-refractivity contribution is 7.99. The van der Waals surface area contributed by atoms with Crippen LogP contribution in [-0.4, -0.2) is 37.7 Å². The number of fused-ring (bicyclic) bond motifs is 1. The Morgan fingerprint density at radius 2 is 2.27 bits per heavy atom. The molecule has 4 nitrogen and oxygen atoms in total. The van der Waals surface area contributed by atoms with Gasteiger partial charge in [-0.05, 0) is 42.6 Å². The molecule has 3 rings (SSSR count). The maximum Gasteiger partial charge on any atom is 0.230 e. The molecule has 1 amide bonds. The van der Waals surface area contributed by atoms with E-state index in [0.717, 1.165) is 35.2 Å². The van der Waals surface area contributed by atoms with E-state index in [2.05, 4.69) is 11.4 Å². The van der Waals surface area contributed by atoms with E-state index < -0.39 is 0 Å². The number of thioether (sulfide) groups is 1. The van der Waals surface area contributed by atoms with Gasteiger partial charge in [-0.2, -0.15) is 11.8 Å². The van der Waals surface area contributed by atoms with Crippen LogP contribution in [0.3, 0.4) is 0 Å². The Morgan fingerprint density at radius 1 is 1.41 bits per heavy atom. The lowest BCUT2D eigenvalue weighted by Crippen LogP contribution is -2.35. The monoisotopic (exact) mass is 321 g/mol. The van der Waals surface area contributed by atoms with Crippen molar-refractivity contribution < 1.29 is 14.3 Å². The summed E-state index contributed by atoms with van der Waals surface area (Å²) in [5.74, 6) is 4.70. The first-order valence-electron chi connectivity index (χ1n) is 7.89. The van der Waals surface area contributed by atoms with Crippen molar-refractivity contribution in [3.05, 3.63) is 23.8 Å². The largest absolute Gasteiger partial charge is 0.493 e. The summed E-state index contributed by atoms with van der Waals surface area (Å²) in [6.07, 6.45) is 3.61. The van der Waals surface area contributed by atoms with E-state index in [1.54, 1.807) is 18.9 Å². The number of methoxy groups -OCH3 is 1. The minimum atomic E-state index is 0.141. The molecule has 22 heavy (non-hydrogen) atoms. The van der Waals surface area contributed by atoms with Crippen molar-refractivity contribution in [3.63, 3.8) is 0 Å². The molecule has 0 unspecified atom stereocenters. The number of hydrogen-bond acceptors (Lipinski definition) is 4. The van der Waals surface area contributed by atoms with Crippen LogP contribution in [0.5, 0.6) is 11.5 Å². The van der Waals surface area contributed by atoms with E-state index in [0.29, 0.717) is 24.8 Å². The van der Waals surface area contributed by atoms with Gasteiger partial charge in [0.15, 0.2) is 11.5 Å². The lowest BCUT2D eigenvalue weighted by molar-refractivity contribution is -0.118. The summed E-state index contributed by atoms with van der Waals surface area (Å²) in [5.41, 5.74) is 1.16. The predicted octanol–water partition coefficient (Wildman–Crippen LogP) is 2.51. The lowest BCUT2D eigenvalue weighted by Gasteiger charge is -2.26. The average molecular weight is 321 g/mol. The topological polar surface area (TPSA) is 47.6 Å². The van der Waals surface area contributed by atoms with E-state index in [1.807, 2.05) is 12.1 Å². The zero-order valence-electron chi connectivity index (χ0n) is 13.0. The number of amides is 1. The highest BCUT2D eigenvalue weighted by Gasteiger charge is 2.23. The molecule has 1 saturated carbocycles. The molecule has 1 aromatic rings. The van der Waals surface area contributed by atoms with Crippen LogP contribution in [0, 0.1) is 11.8 Å². The normalized spacial score (nSPS) is 20.0. The summed E-state index contributed by atoms with van der Waals surface area (Å²) in [6.45, 7) is 1.31. The molecule has 1 N–H and O–H groups in total. The maximum absolute atomic E-state index is 11.8. The van der Waals surface area contributed by atoms with Gasteiger partial charge in [-0.1, -0.05) is 12.1 Å². The Kier molecular flexibility index (Phi) is 5.13. The first-order valence-corrected chi connectivity index (χ1v) is 9.05. The van der Waals surface area contributed by atoms with Gasteiger partial charge < -0.3 is 14.8 Å². The smallest absolute Gasteiger partial charge is 0.230 e. The van der Waals surface area contributed by atoms with Gasteiger partial charge in [-0.15, -0.1) is 0 Å². The minimum Gasteiger partial charge on any atom is -0.493 e. The van der Waals surface area contributed by atoms with Crippen LogP contribution in [0.1, 0.15) is 18.4 Å². The van der Waals surface area contributed by atoms with Crippen molar-refractivity contribution >= 4 is 17.7 Å². The summed E-state index contributed by atoms with van der Waals surface area (Å²) in [7, 11) is 1.66. The van der Waals surface area contributed by atoms with Crippen LogP contribution in [0.15, 0.2) is 18.2 Å². The van der Waals surface area contributed by atoms with Gasteiger partial charge in [0.05, 0.1) is 19.5 Å². The SMILES string of the molecule is COc1cccc2c1OC[C@@H](CNC(=O)CSCC1CC1)C2. The number of nitrogens with one attached hydrogen (secondary N) is 1. The number of para-hydroxylation sites is 1. The molecule has 1 fully saturated rings. The maximum atomic E-state index is 11.8. The molecule has 2 aliphatic rings. The first kappa shape index (κ1) is 15.5. The van der Waals surface area contributed by atoms with Crippen molar-refractivity contribution in [2.45, 2.75) is 19.3 Å². The number of hydrogen-bond donors (Lipinski definition) is 1. The van der Waals surface area contributed by atoms with Crippen molar-refractivity contribution in [2.24, 2.45) is 11.8 Å². The van der Waals surface area contributed by atoms with Gasteiger partial charge in [0.1, 0.15) is 0 Å². The first-order chi connectivity index (χ1) is 10.8. The standard InChI is InChI=1S/C17H23NO3S/c1-20-15-4-2-3-14-7-13(9-21-17(14)15)8-18-16(19)11-22-10-12-5-6-12/h2-4,12-13H,5-11H2,1H3,(H,18,19)/t13-/m1/s1. The molecule has 1 aromatic carbocycles. The molecular weight excluding hydrogens is 298 g/mol. The van der Waals surface area contributed by atoms with E-state index >= 15 is 0 Å². The fourth-order valence-electron chi connectivity index (χ4n) is 2.66. The van der Waals surface area contributed by atoms with Crippen molar-refractivity contribution in [3.8, 4) is 11.5 Å². The third-order valence-corrected chi connectivity index (χ3v) is 5.30. The number of rotatable bonds is 7. The number of benzene rings is 1. The van der Waals surface area contributed by atoms with Gasteiger partial charge >= 0.3 is 0 Å². The van der Waals surface area contributed by atoms with Gasteiger partial charge in [0.2, 0.25) is 5.91 Å². The molecule has 1 aliphatic carbocycles. The molecule has 5 heteroatoms. The molecule has 0 radical (unpaired) electrons. The van der Waals surface area contributed by atoms with E-state index in [-0.39, 0.29) is 5.91 Å². The second-order valence-corrected chi connectivity index (χ2v) is 7.12. The number of ether oxygens (including phenoxy) is 2. The summed E-state index contributed by atoms with van der Waals surface area (Å²) < 4.78 is 11.1. The van der Waals surface area contributed by atoms with Crippen LogP contribution >= 0.6 is 11.8 Å². The fraction of sp³-hybridized carbons (Fsp3) is 0.588. The van der Waals surface area contributed by atoms with Crippen LogP contribution in [0.2, 0.25) is 0 Å². The highest BCUT2D eigenvalue weighted by atomic mass is 32.2. The van der Waals surface area contributed by atoms with E-state index in [4.69, 9.17) is 9.47 Å². The summed E-state index contributed by atoms with van der Waals surface area (Å²) >= 11 is 1.75. The second-order valence-electron chi connectivity index (χ2n) is 6.09. The summed E-state index contributed by atoms with van der Waals surface area (Å²) in [5, 5.41) is 3.03. The van der Waals surface area contributed by atoms with Gasteiger partial charge in [0.25, 0.3) is 0 Å². The van der Waals surface area contributed by atoms with Crippen LogP contribution in [-0.2, 0) is 11.2 Å². The quantitative estimate of drug-likeness (QED) is 0.838. The number of carbonyl (C=O) groups is 1. The third kappa shape index (κ3) is 4.09. The van der Waals surface area contributed by atoms with Crippen LogP contribution < -0.4 is 14.8 Å². The minimum absolute atomic E-state index is 0.141. The molecular formula is C17H23NO3S. The Balaban J connectivity index is 1.43. The van der Waals surface area contributed by atoms with Crippen LogP contribution in [0.25, 0.3) is 0 Å². The molecule has 120 valence electrons. The molecule has 0 aromatic heterocycles.